The maximum absolute atomic E-state index is 5.18. The fourth-order valence-electron chi connectivity index (χ4n) is 0.838. The van der Waals surface area contributed by atoms with Crippen molar-refractivity contribution in [1.29, 1.82) is 0 Å². The lowest BCUT2D eigenvalue weighted by atomic mass is 10.2. The highest BCUT2D eigenvalue weighted by molar-refractivity contribution is 5.26. The summed E-state index contributed by atoms with van der Waals surface area (Å²) in [4.78, 5) is 0. The Labute approximate surface area is 92.7 Å². The van der Waals surface area contributed by atoms with E-state index in [0.717, 1.165) is 0 Å². The highest BCUT2D eigenvalue weighted by Gasteiger charge is 1.75. The summed E-state index contributed by atoms with van der Waals surface area (Å²) in [7, 11) is 0. The number of rotatable bonds is 5. The summed E-state index contributed by atoms with van der Waals surface area (Å²) in [5.41, 5.74) is 6.39. The molecule has 0 aliphatic heterocycles. The van der Waals surface area contributed by atoms with E-state index in [1.165, 1.54) is 11.8 Å². The fraction of sp³-hybridized carbons (Fsp3) is 0.143. The Hall–Kier alpha value is -1.76. The second-order valence-electron chi connectivity index (χ2n) is 2.95. The van der Waals surface area contributed by atoms with E-state index in [2.05, 4.69) is 13.0 Å². The van der Waals surface area contributed by atoms with Gasteiger partial charge in [0.15, 0.2) is 0 Å². The van der Waals surface area contributed by atoms with E-state index in [4.69, 9.17) is 5.73 Å². The standard InChI is InChI=1S/C14H19N/c1-3-4-5-8-11-14(2)12-9-6-7-10-13-15/h3-13H,15H2,1-2H3/b4-3+,7-6+,8-5-,12-9+,13-10-,14-11-. The molecule has 1 heteroatoms. The summed E-state index contributed by atoms with van der Waals surface area (Å²) in [5, 5.41) is 0. The average Bonchev–Trinajstić information content (AvgIpc) is 2.24. The Morgan fingerprint density at radius 1 is 0.867 bits per heavy atom. The number of allylic oxidation sites excluding steroid dienone is 11. The molecule has 0 aliphatic carbocycles. The Kier molecular flexibility index (Phi) is 9.11. The Bertz CT molecular complexity index is 312. The van der Waals surface area contributed by atoms with Crippen LogP contribution in [0.25, 0.3) is 0 Å². The maximum Gasteiger partial charge on any atom is -0.00624 e. The zero-order chi connectivity index (χ0) is 11.4. The molecular weight excluding hydrogens is 182 g/mol. The van der Waals surface area contributed by atoms with Crippen molar-refractivity contribution in [2.45, 2.75) is 13.8 Å². The van der Waals surface area contributed by atoms with Crippen LogP contribution in [-0.2, 0) is 0 Å². The summed E-state index contributed by atoms with van der Waals surface area (Å²) >= 11 is 0. The van der Waals surface area contributed by atoms with Gasteiger partial charge in [0.1, 0.15) is 0 Å². The van der Waals surface area contributed by atoms with Crippen molar-refractivity contribution < 1.29 is 0 Å². The van der Waals surface area contributed by atoms with Gasteiger partial charge in [0.05, 0.1) is 0 Å². The third kappa shape index (κ3) is 10.2. The zero-order valence-electron chi connectivity index (χ0n) is 9.43. The molecule has 0 fully saturated rings. The number of hydrogen-bond donors (Lipinski definition) is 1. The Morgan fingerprint density at radius 2 is 1.53 bits per heavy atom. The lowest BCUT2D eigenvalue weighted by Crippen LogP contribution is -1.71. The van der Waals surface area contributed by atoms with Crippen molar-refractivity contribution >= 4 is 0 Å². The van der Waals surface area contributed by atoms with E-state index >= 15 is 0 Å². The van der Waals surface area contributed by atoms with E-state index in [1.54, 1.807) is 6.08 Å². The van der Waals surface area contributed by atoms with E-state index in [1.807, 2.05) is 55.5 Å². The van der Waals surface area contributed by atoms with Crippen LogP contribution in [0.1, 0.15) is 13.8 Å². The molecule has 0 saturated heterocycles. The lowest BCUT2D eigenvalue weighted by Gasteiger charge is -1.85. The van der Waals surface area contributed by atoms with Crippen LogP contribution in [0.15, 0.2) is 72.5 Å². The van der Waals surface area contributed by atoms with E-state index in [0.29, 0.717) is 0 Å². The maximum atomic E-state index is 5.18. The molecule has 0 spiro atoms. The molecule has 0 unspecified atom stereocenters. The first kappa shape index (κ1) is 13.2. The summed E-state index contributed by atoms with van der Waals surface area (Å²) in [6.45, 7) is 4.06. The first-order valence-corrected chi connectivity index (χ1v) is 4.99. The van der Waals surface area contributed by atoms with Crippen molar-refractivity contribution in [2.24, 2.45) is 5.73 Å². The molecule has 0 bridgehead atoms. The molecule has 80 valence electrons. The van der Waals surface area contributed by atoms with Gasteiger partial charge in [-0.15, -0.1) is 0 Å². The van der Waals surface area contributed by atoms with Crippen LogP contribution < -0.4 is 5.73 Å². The summed E-state index contributed by atoms with van der Waals surface area (Å²) in [6.07, 6.45) is 21.2. The first-order chi connectivity index (χ1) is 7.31. The van der Waals surface area contributed by atoms with Gasteiger partial charge in [0.2, 0.25) is 0 Å². The van der Waals surface area contributed by atoms with Crippen molar-refractivity contribution in [3.8, 4) is 0 Å². The van der Waals surface area contributed by atoms with Crippen LogP contribution in [0.5, 0.6) is 0 Å². The SMILES string of the molecule is C/C=C/C=C\C=C(C)/C=C/C=C/C=C\N. The number of hydrogen-bond acceptors (Lipinski definition) is 1. The average molecular weight is 201 g/mol. The van der Waals surface area contributed by atoms with Crippen LogP contribution in [0.4, 0.5) is 0 Å². The van der Waals surface area contributed by atoms with Gasteiger partial charge in [0.25, 0.3) is 0 Å². The van der Waals surface area contributed by atoms with E-state index in [9.17, 15) is 0 Å². The quantitative estimate of drug-likeness (QED) is 0.675. The largest absolute Gasteiger partial charge is 0.405 e. The molecule has 15 heavy (non-hydrogen) atoms. The fourth-order valence-corrected chi connectivity index (χ4v) is 0.838. The highest BCUT2D eigenvalue weighted by atomic mass is 14.5. The van der Waals surface area contributed by atoms with Crippen LogP contribution in [0.3, 0.4) is 0 Å². The smallest absolute Gasteiger partial charge is 0.00624 e. The van der Waals surface area contributed by atoms with Gasteiger partial charge in [-0.1, -0.05) is 60.3 Å². The molecule has 0 aromatic carbocycles. The minimum atomic E-state index is 1.21. The van der Waals surface area contributed by atoms with Gasteiger partial charge in [-0.05, 0) is 26.1 Å². The minimum absolute atomic E-state index is 1.21. The van der Waals surface area contributed by atoms with Gasteiger partial charge in [-0.25, -0.2) is 0 Å². The molecule has 0 saturated carbocycles. The monoisotopic (exact) mass is 201 g/mol. The van der Waals surface area contributed by atoms with E-state index in [-0.39, 0.29) is 0 Å². The van der Waals surface area contributed by atoms with Crippen LogP contribution in [0.2, 0.25) is 0 Å². The van der Waals surface area contributed by atoms with Crippen molar-refractivity contribution in [1.82, 2.24) is 0 Å². The molecule has 0 radical (unpaired) electrons. The second-order valence-corrected chi connectivity index (χ2v) is 2.95. The topological polar surface area (TPSA) is 26.0 Å². The molecule has 0 amide bonds. The second kappa shape index (κ2) is 10.3. The summed E-state index contributed by atoms with van der Waals surface area (Å²) in [5.74, 6) is 0. The van der Waals surface area contributed by atoms with Crippen LogP contribution in [0, 0.1) is 0 Å². The van der Waals surface area contributed by atoms with Gasteiger partial charge >= 0.3 is 0 Å². The molecule has 0 rings (SSSR count). The third-order valence-corrected chi connectivity index (χ3v) is 1.58. The molecule has 2 N–H and O–H groups in total. The first-order valence-electron chi connectivity index (χ1n) is 4.99. The molecule has 1 nitrogen and oxygen atoms in total. The highest BCUT2D eigenvalue weighted by Crippen LogP contribution is 1.96. The minimum Gasteiger partial charge on any atom is -0.405 e. The summed E-state index contributed by atoms with van der Waals surface area (Å²) < 4.78 is 0. The Morgan fingerprint density at radius 3 is 2.20 bits per heavy atom. The van der Waals surface area contributed by atoms with Gasteiger partial charge < -0.3 is 5.73 Å². The summed E-state index contributed by atoms with van der Waals surface area (Å²) in [6, 6.07) is 0. The van der Waals surface area contributed by atoms with E-state index < -0.39 is 0 Å². The van der Waals surface area contributed by atoms with Crippen molar-refractivity contribution in [3.05, 3.63) is 72.5 Å². The molecule has 0 atom stereocenters. The zero-order valence-corrected chi connectivity index (χ0v) is 9.43. The van der Waals surface area contributed by atoms with Crippen molar-refractivity contribution in [2.75, 3.05) is 0 Å². The third-order valence-electron chi connectivity index (χ3n) is 1.58. The molecular formula is C14H19N. The predicted octanol–water partition coefficient (Wildman–Crippen LogP) is 3.65. The van der Waals surface area contributed by atoms with Crippen LogP contribution in [-0.4, -0.2) is 0 Å². The molecule has 0 aromatic heterocycles. The molecule has 0 heterocycles. The predicted molar refractivity (Wildman–Crippen MR) is 69.3 cm³/mol. The van der Waals surface area contributed by atoms with Crippen LogP contribution >= 0.6 is 0 Å². The number of nitrogens with two attached hydrogens (primary N) is 1. The van der Waals surface area contributed by atoms with Gasteiger partial charge in [0, 0.05) is 0 Å². The van der Waals surface area contributed by atoms with Gasteiger partial charge in [-0.2, -0.15) is 0 Å². The van der Waals surface area contributed by atoms with Gasteiger partial charge in [-0.3, -0.25) is 0 Å². The normalized spacial score (nSPS) is 14.7. The molecule has 0 aromatic rings. The lowest BCUT2D eigenvalue weighted by molar-refractivity contribution is 1.52. The Balaban J connectivity index is 4.05. The molecule has 0 aliphatic rings. The van der Waals surface area contributed by atoms with Crippen molar-refractivity contribution in [3.63, 3.8) is 0 Å².